The van der Waals surface area contributed by atoms with Crippen LogP contribution in [0.1, 0.15) is 13.8 Å². The minimum atomic E-state index is -1.81. The van der Waals surface area contributed by atoms with Crippen molar-refractivity contribution >= 4 is 11.8 Å². The van der Waals surface area contributed by atoms with Crippen molar-refractivity contribution in [2.75, 3.05) is 66.1 Å². The SMILES string of the molecule is CC(=O)N[C@H]1[C@@H](OCCOCCOCCO[C@H]2O[C@H](CO)[C@@H](O[C@@H]3O[C@H](CO)[C@H](O)[C@H](O)[C@H]3O)[C@H](O)[C@H]2NC(C)=O)O[C@H](CO)[C@@H](O[C@@H]2O[C@H](CO)[C@H](O)[C@H](O)[C@H]2O)[C@@H]1O. The van der Waals surface area contributed by atoms with Crippen LogP contribution in [0.3, 0.4) is 0 Å². The number of rotatable bonds is 21. The quantitative estimate of drug-likeness (QED) is 0.0476. The van der Waals surface area contributed by atoms with E-state index in [1.54, 1.807) is 0 Å². The van der Waals surface area contributed by atoms with Gasteiger partial charge in [-0.2, -0.15) is 0 Å². The summed E-state index contributed by atoms with van der Waals surface area (Å²) in [5.74, 6) is -1.17. The van der Waals surface area contributed by atoms with Crippen LogP contribution in [0.4, 0.5) is 0 Å². The second-order valence-corrected chi connectivity index (χ2v) is 14.4. The van der Waals surface area contributed by atoms with E-state index in [0.717, 1.165) is 0 Å². The first-order valence-electron chi connectivity index (χ1n) is 19.3. The molecular formula is C34H60N2O24. The van der Waals surface area contributed by atoms with Crippen LogP contribution in [0.2, 0.25) is 0 Å². The van der Waals surface area contributed by atoms with Crippen molar-refractivity contribution in [3.05, 3.63) is 0 Å². The molecule has 4 heterocycles. The van der Waals surface area contributed by atoms with Gasteiger partial charge in [-0.05, 0) is 0 Å². The van der Waals surface area contributed by atoms with E-state index >= 15 is 0 Å². The molecule has 4 saturated heterocycles. The van der Waals surface area contributed by atoms with Crippen molar-refractivity contribution in [3.8, 4) is 0 Å². The smallest absolute Gasteiger partial charge is 0.217 e. The summed E-state index contributed by atoms with van der Waals surface area (Å²) in [4.78, 5) is 24.0. The molecule has 350 valence electrons. The highest BCUT2D eigenvalue weighted by atomic mass is 16.8. The average Bonchev–Trinajstić information content (AvgIpc) is 3.22. The van der Waals surface area contributed by atoms with Crippen molar-refractivity contribution in [1.82, 2.24) is 10.6 Å². The first-order valence-corrected chi connectivity index (χ1v) is 19.3. The number of hydrogen-bond donors (Lipinski definition) is 14. The van der Waals surface area contributed by atoms with Crippen LogP contribution in [-0.2, 0) is 57.0 Å². The highest BCUT2D eigenvalue weighted by molar-refractivity contribution is 5.73. The van der Waals surface area contributed by atoms with Gasteiger partial charge in [0.2, 0.25) is 11.8 Å². The Kier molecular flexibility index (Phi) is 20.5. The average molecular weight is 881 g/mol. The highest BCUT2D eigenvalue weighted by Crippen LogP contribution is 2.31. The van der Waals surface area contributed by atoms with Gasteiger partial charge in [0.25, 0.3) is 0 Å². The molecule has 0 aromatic carbocycles. The topological polar surface area (TPSA) is 393 Å². The molecule has 4 rings (SSSR count). The summed E-state index contributed by atoms with van der Waals surface area (Å²) in [5, 5.41) is 127. The zero-order valence-electron chi connectivity index (χ0n) is 32.9. The lowest BCUT2D eigenvalue weighted by Gasteiger charge is -2.47. The lowest BCUT2D eigenvalue weighted by atomic mass is 9.95. The Morgan fingerprint density at radius 1 is 0.433 bits per heavy atom. The number of nitrogens with one attached hydrogen (secondary N) is 2. The zero-order chi connectivity index (χ0) is 44.3. The summed E-state index contributed by atoms with van der Waals surface area (Å²) in [6, 6.07) is -2.53. The Labute approximate surface area is 343 Å². The largest absolute Gasteiger partial charge is 0.394 e. The minimum Gasteiger partial charge on any atom is -0.394 e. The number of carbonyl (C=O) groups is 2. The molecule has 60 heavy (non-hydrogen) atoms. The number of hydrogen-bond acceptors (Lipinski definition) is 24. The Hall–Kier alpha value is -1.94. The molecule has 0 unspecified atom stereocenters. The maximum Gasteiger partial charge on any atom is 0.217 e. The number of aliphatic hydroxyl groups excluding tert-OH is 12. The summed E-state index contributed by atoms with van der Waals surface area (Å²) in [6.07, 6.45) is -27.9. The lowest BCUT2D eigenvalue weighted by Crippen LogP contribution is -2.67. The first kappa shape index (κ1) is 50.7. The fourth-order valence-electron chi connectivity index (χ4n) is 6.97. The van der Waals surface area contributed by atoms with Crippen LogP contribution in [0.15, 0.2) is 0 Å². The summed E-state index contributed by atoms with van der Waals surface area (Å²) < 4.78 is 55.9. The van der Waals surface area contributed by atoms with E-state index in [1.807, 2.05) is 0 Å². The Morgan fingerprint density at radius 3 is 1.07 bits per heavy atom. The summed E-state index contributed by atoms with van der Waals surface area (Å²) >= 11 is 0. The van der Waals surface area contributed by atoms with Crippen LogP contribution in [0.5, 0.6) is 0 Å². The molecule has 26 heteroatoms. The molecule has 0 spiro atoms. The third-order valence-corrected chi connectivity index (χ3v) is 10.1. The van der Waals surface area contributed by atoms with E-state index in [2.05, 4.69) is 10.6 Å². The molecule has 26 nitrogen and oxygen atoms in total. The predicted octanol–water partition coefficient (Wildman–Crippen LogP) is -9.41. The molecule has 14 N–H and O–H groups in total. The van der Waals surface area contributed by atoms with Crippen LogP contribution < -0.4 is 10.6 Å². The maximum atomic E-state index is 12.0. The van der Waals surface area contributed by atoms with E-state index in [-0.39, 0.29) is 39.6 Å². The van der Waals surface area contributed by atoms with Crippen molar-refractivity contribution < 1.29 is 118 Å². The molecule has 0 aliphatic carbocycles. The van der Waals surface area contributed by atoms with Gasteiger partial charge in [-0.15, -0.1) is 0 Å². The van der Waals surface area contributed by atoms with Gasteiger partial charge in [0.05, 0.1) is 66.1 Å². The van der Waals surface area contributed by atoms with E-state index in [0.29, 0.717) is 0 Å². The third-order valence-electron chi connectivity index (χ3n) is 10.1. The molecule has 4 aliphatic rings. The summed E-state index contributed by atoms with van der Waals surface area (Å²) in [6.45, 7) is -0.806. The molecule has 4 fully saturated rings. The van der Waals surface area contributed by atoms with E-state index in [4.69, 9.17) is 47.4 Å². The Bertz CT molecular complexity index is 1200. The second-order valence-electron chi connectivity index (χ2n) is 14.4. The van der Waals surface area contributed by atoms with Crippen molar-refractivity contribution in [2.24, 2.45) is 0 Å². The molecule has 0 aromatic rings. The number of aliphatic hydroxyl groups is 12. The van der Waals surface area contributed by atoms with Crippen LogP contribution >= 0.6 is 0 Å². The van der Waals surface area contributed by atoms with Crippen LogP contribution in [-0.4, -0.2) is 262 Å². The minimum absolute atomic E-state index is 0.0295. The van der Waals surface area contributed by atoms with Gasteiger partial charge in [0.1, 0.15) is 97.5 Å². The van der Waals surface area contributed by atoms with E-state index in [9.17, 15) is 70.9 Å². The van der Waals surface area contributed by atoms with Gasteiger partial charge < -0.3 is 119 Å². The molecule has 0 radical (unpaired) electrons. The molecule has 0 bridgehead atoms. The standard InChI is InChI=1S/C34H60N2O24/c1-13(41)35-19-23(45)29(59-33-27(49)25(47)21(43)15(9-37)55-33)17(11-39)57-31(19)53-7-5-51-3-4-52-6-8-54-32-20(36-14(2)42)24(46)30(18(12-40)58-32)60-34-28(50)26(48)22(44)16(10-38)56-34/h15-34,37-40,43-50H,3-12H2,1-2H3,(H,35,41)(H,36,42)/t15-,16-,17-,18-,19-,20-,21+,22+,23-,24-,25+,26+,27-,28-,29-,30-,31+,32+,33+,34+/m1/s1. The van der Waals surface area contributed by atoms with Gasteiger partial charge in [-0.25, -0.2) is 0 Å². The van der Waals surface area contributed by atoms with Crippen molar-refractivity contribution in [3.63, 3.8) is 0 Å². The monoisotopic (exact) mass is 880 g/mol. The van der Waals surface area contributed by atoms with Crippen molar-refractivity contribution in [2.45, 2.75) is 137 Å². The van der Waals surface area contributed by atoms with Gasteiger partial charge >= 0.3 is 0 Å². The zero-order valence-corrected chi connectivity index (χ0v) is 32.9. The van der Waals surface area contributed by atoms with E-state index in [1.165, 1.54) is 13.8 Å². The fourth-order valence-corrected chi connectivity index (χ4v) is 6.97. The fraction of sp³-hybridized carbons (Fsp3) is 0.941. The predicted molar refractivity (Wildman–Crippen MR) is 190 cm³/mol. The molecule has 20 atom stereocenters. The Morgan fingerprint density at radius 2 is 0.750 bits per heavy atom. The molecule has 2 amide bonds. The number of amides is 2. The number of ether oxygens (including phenoxy) is 10. The second kappa shape index (κ2) is 24.2. The Balaban J connectivity index is 1.20. The molecule has 0 saturated carbocycles. The first-order chi connectivity index (χ1) is 28.6. The van der Waals surface area contributed by atoms with Gasteiger partial charge in [0.15, 0.2) is 25.2 Å². The number of carbonyl (C=O) groups excluding carboxylic acids is 2. The normalized spacial score (nSPS) is 42.4. The summed E-state index contributed by atoms with van der Waals surface area (Å²) in [5.41, 5.74) is 0. The van der Waals surface area contributed by atoms with Crippen molar-refractivity contribution in [1.29, 1.82) is 0 Å². The van der Waals surface area contributed by atoms with Gasteiger partial charge in [-0.3, -0.25) is 9.59 Å². The molecule has 4 aliphatic heterocycles. The maximum absolute atomic E-state index is 12.0. The van der Waals surface area contributed by atoms with Gasteiger partial charge in [0, 0.05) is 13.8 Å². The third kappa shape index (κ3) is 12.8. The van der Waals surface area contributed by atoms with E-state index < -0.39 is 161 Å². The lowest BCUT2D eigenvalue weighted by molar-refractivity contribution is -0.348. The molecular weight excluding hydrogens is 820 g/mol. The van der Waals surface area contributed by atoms with Crippen LogP contribution in [0.25, 0.3) is 0 Å². The summed E-state index contributed by atoms with van der Waals surface area (Å²) in [7, 11) is 0. The highest BCUT2D eigenvalue weighted by Gasteiger charge is 2.53. The van der Waals surface area contributed by atoms with Crippen LogP contribution in [0, 0.1) is 0 Å². The molecule has 0 aromatic heterocycles. The van der Waals surface area contributed by atoms with Gasteiger partial charge in [-0.1, -0.05) is 0 Å².